The molecule has 0 unspecified atom stereocenters. The highest BCUT2D eigenvalue weighted by Gasteiger charge is 2.31. The standard InChI is InChI=1S/C10H20N2O2.ClH/c1-10(2,3)12-9(13)8-5-4-7(6-11)14-8;/h7-8H,4-6,11H2,1-3H3,(H,12,13);1H/t7-,8+;/m1./s1. The normalized spacial score (nSPS) is 25.9. The smallest absolute Gasteiger partial charge is 0.249 e. The SMILES string of the molecule is CC(C)(C)NC(=O)[C@@H]1CC[C@H](CN)O1.Cl. The van der Waals surface area contributed by atoms with E-state index in [4.69, 9.17) is 10.5 Å². The van der Waals surface area contributed by atoms with Crippen molar-refractivity contribution in [3.63, 3.8) is 0 Å². The van der Waals surface area contributed by atoms with E-state index in [1.165, 1.54) is 0 Å². The second-order valence-electron chi connectivity index (χ2n) is 4.80. The minimum Gasteiger partial charge on any atom is -0.364 e. The number of amides is 1. The maximum atomic E-state index is 11.6. The third-order valence-electron chi connectivity index (χ3n) is 2.16. The highest BCUT2D eigenvalue weighted by atomic mass is 35.5. The van der Waals surface area contributed by atoms with Crippen molar-refractivity contribution < 1.29 is 9.53 Å². The van der Waals surface area contributed by atoms with Gasteiger partial charge in [-0.2, -0.15) is 0 Å². The molecule has 4 nitrogen and oxygen atoms in total. The molecule has 1 rings (SSSR count). The zero-order chi connectivity index (χ0) is 10.8. The predicted molar refractivity (Wildman–Crippen MR) is 62.1 cm³/mol. The molecule has 0 aromatic heterocycles. The van der Waals surface area contributed by atoms with Crippen molar-refractivity contribution in [1.82, 2.24) is 5.32 Å². The van der Waals surface area contributed by atoms with Gasteiger partial charge in [0.25, 0.3) is 0 Å². The first-order chi connectivity index (χ1) is 6.42. The van der Waals surface area contributed by atoms with E-state index < -0.39 is 0 Å². The van der Waals surface area contributed by atoms with Gasteiger partial charge >= 0.3 is 0 Å². The largest absolute Gasteiger partial charge is 0.364 e. The van der Waals surface area contributed by atoms with E-state index in [2.05, 4.69) is 5.32 Å². The average Bonchev–Trinajstić information content (AvgIpc) is 2.48. The summed E-state index contributed by atoms with van der Waals surface area (Å²) in [5.41, 5.74) is 5.27. The van der Waals surface area contributed by atoms with E-state index in [0.717, 1.165) is 12.8 Å². The Labute approximate surface area is 97.3 Å². The molecule has 0 spiro atoms. The zero-order valence-electron chi connectivity index (χ0n) is 9.58. The Kier molecular flexibility index (Phi) is 5.56. The molecule has 0 saturated carbocycles. The number of hydrogen-bond donors (Lipinski definition) is 2. The second-order valence-corrected chi connectivity index (χ2v) is 4.80. The van der Waals surface area contributed by atoms with Crippen LogP contribution in [0.15, 0.2) is 0 Å². The van der Waals surface area contributed by atoms with Gasteiger partial charge in [0, 0.05) is 12.1 Å². The molecule has 0 aromatic carbocycles. The number of carbonyl (C=O) groups excluding carboxylic acids is 1. The fourth-order valence-corrected chi connectivity index (χ4v) is 1.52. The molecule has 1 aliphatic rings. The lowest BCUT2D eigenvalue weighted by molar-refractivity contribution is -0.133. The van der Waals surface area contributed by atoms with Gasteiger partial charge in [-0.15, -0.1) is 12.4 Å². The third-order valence-corrected chi connectivity index (χ3v) is 2.16. The van der Waals surface area contributed by atoms with Gasteiger partial charge in [0.05, 0.1) is 6.10 Å². The summed E-state index contributed by atoms with van der Waals surface area (Å²) in [6.07, 6.45) is 1.43. The van der Waals surface area contributed by atoms with Crippen molar-refractivity contribution in [2.75, 3.05) is 6.54 Å². The first-order valence-corrected chi connectivity index (χ1v) is 5.10. The number of nitrogens with two attached hydrogens (primary N) is 1. The van der Waals surface area contributed by atoms with Crippen LogP contribution < -0.4 is 11.1 Å². The van der Waals surface area contributed by atoms with Crippen LogP contribution in [0.3, 0.4) is 0 Å². The first kappa shape index (κ1) is 14.7. The molecule has 3 N–H and O–H groups in total. The second kappa shape index (κ2) is 5.68. The fraction of sp³-hybridized carbons (Fsp3) is 0.900. The Balaban J connectivity index is 0.00000196. The van der Waals surface area contributed by atoms with Crippen LogP contribution in [0, 0.1) is 0 Å². The lowest BCUT2D eigenvalue weighted by Gasteiger charge is -2.23. The van der Waals surface area contributed by atoms with Crippen LogP contribution in [0.25, 0.3) is 0 Å². The van der Waals surface area contributed by atoms with Gasteiger partial charge in [-0.05, 0) is 33.6 Å². The van der Waals surface area contributed by atoms with Gasteiger partial charge in [0.2, 0.25) is 5.91 Å². The van der Waals surface area contributed by atoms with Crippen LogP contribution in [-0.2, 0) is 9.53 Å². The minimum absolute atomic E-state index is 0. The molecule has 0 aromatic rings. The molecule has 0 radical (unpaired) electrons. The van der Waals surface area contributed by atoms with Crippen LogP contribution >= 0.6 is 12.4 Å². The fourth-order valence-electron chi connectivity index (χ4n) is 1.52. The van der Waals surface area contributed by atoms with Crippen molar-refractivity contribution in [3.8, 4) is 0 Å². The van der Waals surface area contributed by atoms with Gasteiger partial charge in [0.1, 0.15) is 6.10 Å². The summed E-state index contributed by atoms with van der Waals surface area (Å²) in [5.74, 6) is -0.0200. The van der Waals surface area contributed by atoms with E-state index in [9.17, 15) is 4.79 Å². The number of carbonyl (C=O) groups is 1. The van der Waals surface area contributed by atoms with Crippen molar-refractivity contribution >= 4 is 18.3 Å². The Morgan fingerprint density at radius 3 is 2.47 bits per heavy atom. The average molecular weight is 237 g/mol. The number of nitrogens with one attached hydrogen (secondary N) is 1. The Bertz CT molecular complexity index is 216. The summed E-state index contributed by atoms with van der Waals surface area (Å²) in [6, 6.07) is 0. The number of hydrogen-bond acceptors (Lipinski definition) is 3. The van der Waals surface area contributed by atoms with E-state index in [1.54, 1.807) is 0 Å². The first-order valence-electron chi connectivity index (χ1n) is 5.10. The molecule has 15 heavy (non-hydrogen) atoms. The van der Waals surface area contributed by atoms with Gasteiger partial charge in [0.15, 0.2) is 0 Å². The molecule has 1 heterocycles. The number of rotatable bonds is 2. The third kappa shape index (κ3) is 4.82. The Morgan fingerprint density at radius 2 is 2.07 bits per heavy atom. The molecule has 5 heteroatoms. The van der Waals surface area contributed by atoms with E-state index in [-0.39, 0.29) is 36.1 Å². The van der Waals surface area contributed by atoms with Crippen molar-refractivity contribution in [2.45, 2.75) is 51.4 Å². The molecule has 0 aliphatic carbocycles. The van der Waals surface area contributed by atoms with Crippen LogP contribution in [-0.4, -0.2) is 30.2 Å². The highest BCUT2D eigenvalue weighted by Crippen LogP contribution is 2.19. The lowest BCUT2D eigenvalue weighted by atomic mass is 10.1. The van der Waals surface area contributed by atoms with Gasteiger partial charge < -0.3 is 15.8 Å². The zero-order valence-corrected chi connectivity index (χ0v) is 10.4. The van der Waals surface area contributed by atoms with E-state index >= 15 is 0 Å². The molecule has 1 amide bonds. The van der Waals surface area contributed by atoms with Gasteiger partial charge in [-0.1, -0.05) is 0 Å². The van der Waals surface area contributed by atoms with Crippen LogP contribution in [0.1, 0.15) is 33.6 Å². The molecule has 0 bridgehead atoms. The molecule has 1 aliphatic heterocycles. The summed E-state index contributed by atoms with van der Waals surface area (Å²) in [6.45, 7) is 6.38. The van der Waals surface area contributed by atoms with Crippen LogP contribution in [0.2, 0.25) is 0 Å². The molecule has 2 atom stereocenters. The molecule has 1 saturated heterocycles. The van der Waals surface area contributed by atoms with E-state index in [0.29, 0.717) is 6.54 Å². The van der Waals surface area contributed by atoms with Crippen LogP contribution in [0.4, 0.5) is 0 Å². The summed E-state index contributed by atoms with van der Waals surface area (Å²) >= 11 is 0. The monoisotopic (exact) mass is 236 g/mol. The minimum atomic E-state index is -0.303. The lowest BCUT2D eigenvalue weighted by Crippen LogP contribution is -2.46. The van der Waals surface area contributed by atoms with Gasteiger partial charge in [-0.3, -0.25) is 4.79 Å². The Morgan fingerprint density at radius 1 is 1.47 bits per heavy atom. The molecule has 1 fully saturated rings. The molecular formula is C10H21ClN2O2. The van der Waals surface area contributed by atoms with Crippen molar-refractivity contribution in [3.05, 3.63) is 0 Å². The quantitative estimate of drug-likeness (QED) is 0.747. The topological polar surface area (TPSA) is 64.4 Å². The van der Waals surface area contributed by atoms with Crippen molar-refractivity contribution in [1.29, 1.82) is 0 Å². The highest BCUT2D eigenvalue weighted by molar-refractivity contribution is 5.85. The molecular weight excluding hydrogens is 216 g/mol. The summed E-state index contributed by atoms with van der Waals surface area (Å²) in [4.78, 5) is 11.6. The number of halogens is 1. The molecule has 90 valence electrons. The maximum absolute atomic E-state index is 11.6. The summed E-state index contributed by atoms with van der Waals surface area (Å²) in [5, 5.41) is 2.90. The Hall–Kier alpha value is -0.320. The summed E-state index contributed by atoms with van der Waals surface area (Å²) < 4.78 is 5.48. The van der Waals surface area contributed by atoms with Crippen LogP contribution in [0.5, 0.6) is 0 Å². The van der Waals surface area contributed by atoms with Crippen molar-refractivity contribution in [2.24, 2.45) is 5.73 Å². The van der Waals surface area contributed by atoms with Gasteiger partial charge in [-0.25, -0.2) is 0 Å². The maximum Gasteiger partial charge on any atom is 0.249 e. The predicted octanol–water partition coefficient (Wildman–Crippen LogP) is 0.829. The van der Waals surface area contributed by atoms with E-state index in [1.807, 2.05) is 20.8 Å². The summed E-state index contributed by atoms with van der Waals surface area (Å²) in [7, 11) is 0. The number of ether oxygens (including phenoxy) is 1.